The molecule has 126 valence electrons. The Morgan fingerprint density at radius 1 is 1.39 bits per heavy atom. The number of hydrogen-bond donors (Lipinski definition) is 2. The zero-order chi connectivity index (χ0) is 16.8. The van der Waals surface area contributed by atoms with Crippen molar-refractivity contribution in [3.8, 4) is 0 Å². The van der Waals surface area contributed by atoms with Crippen molar-refractivity contribution in [1.82, 2.24) is 10.5 Å². The third kappa shape index (κ3) is 4.54. The summed E-state index contributed by atoms with van der Waals surface area (Å²) in [5.41, 5.74) is 5.26. The van der Waals surface area contributed by atoms with Gasteiger partial charge in [-0.1, -0.05) is 24.4 Å². The van der Waals surface area contributed by atoms with Crippen LogP contribution >= 0.6 is 0 Å². The van der Waals surface area contributed by atoms with Crippen molar-refractivity contribution in [2.45, 2.75) is 44.6 Å². The average molecular weight is 323 g/mol. The van der Waals surface area contributed by atoms with Crippen LogP contribution < -0.4 is 11.1 Å². The number of esters is 1. The number of ether oxygens (including phenoxy) is 1. The lowest BCUT2D eigenvalue weighted by atomic mass is 9.82. The highest BCUT2D eigenvalue weighted by molar-refractivity contribution is 5.95. The first kappa shape index (κ1) is 17.0. The normalized spacial score (nSPS) is 16.6. The van der Waals surface area contributed by atoms with Crippen LogP contribution in [-0.2, 0) is 9.53 Å². The molecule has 0 spiro atoms. The monoisotopic (exact) mass is 323 g/mol. The van der Waals surface area contributed by atoms with Crippen molar-refractivity contribution in [1.29, 1.82) is 0 Å². The van der Waals surface area contributed by atoms with Gasteiger partial charge >= 0.3 is 5.97 Å². The van der Waals surface area contributed by atoms with Crippen molar-refractivity contribution in [3.05, 3.63) is 17.5 Å². The number of aromatic nitrogens is 1. The van der Waals surface area contributed by atoms with E-state index in [9.17, 15) is 14.4 Å². The second-order valence-electron chi connectivity index (χ2n) is 5.72. The van der Waals surface area contributed by atoms with E-state index in [0.717, 1.165) is 25.7 Å². The summed E-state index contributed by atoms with van der Waals surface area (Å²) in [5, 5.41) is 6.35. The van der Waals surface area contributed by atoms with Gasteiger partial charge in [0.2, 0.25) is 11.7 Å². The zero-order valence-corrected chi connectivity index (χ0v) is 13.0. The molecule has 3 N–H and O–H groups in total. The summed E-state index contributed by atoms with van der Waals surface area (Å²) in [4.78, 5) is 34.9. The molecule has 23 heavy (non-hydrogen) atoms. The number of methoxy groups -OCH3 is 1. The lowest BCUT2D eigenvalue weighted by Gasteiger charge is -2.30. The van der Waals surface area contributed by atoms with Crippen LogP contribution in [0.3, 0.4) is 0 Å². The molecule has 8 nitrogen and oxygen atoms in total. The van der Waals surface area contributed by atoms with Gasteiger partial charge in [0, 0.05) is 18.5 Å². The van der Waals surface area contributed by atoms with E-state index in [-0.39, 0.29) is 29.8 Å². The first-order valence-electron chi connectivity index (χ1n) is 7.65. The molecule has 0 aromatic carbocycles. The highest BCUT2D eigenvalue weighted by atomic mass is 16.5. The summed E-state index contributed by atoms with van der Waals surface area (Å²) in [7, 11) is 1.20. The van der Waals surface area contributed by atoms with Crippen molar-refractivity contribution >= 4 is 17.8 Å². The zero-order valence-electron chi connectivity index (χ0n) is 13.0. The minimum atomic E-state index is -0.711. The van der Waals surface area contributed by atoms with Gasteiger partial charge in [-0.15, -0.1) is 0 Å². The molecule has 1 aliphatic carbocycles. The third-order valence-electron chi connectivity index (χ3n) is 4.09. The predicted molar refractivity (Wildman–Crippen MR) is 79.5 cm³/mol. The van der Waals surface area contributed by atoms with Gasteiger partial charge < -0.3 is 20.3 Å². The van der Waals surface area contributed by atoms with Crippen molar-refractivity contribution < 1.29 is 23.6 Å². The molecule has 0 unspecified atom stereocenters. The number of rotatable bonds is 6. The number of primary amides is 1. The summed E-state index contributed by atoms with van der Waals surface area (Å²) in [6, 6.07) is 0.877. The summed E-state index contributed by atoms with van der Waals surface area (Å²) in [5.74, 6) is -1.61. The lowest BCUT2D eigenvalue weighted by Crippen LogP contribution is -2.43. The molecule has 1 fully saturated rings. The molecule has 0 bridgehead atoms. The molecule has 1 aromatic heterocycles. The van der Waals surface area contributed by atoms with Crippen LogP contribution in [0.2, 0.25) is 0 Å². The van der Waals surface area contributed by atoms with E-state index < -0.39 is 17.8 Å². The Kier molecular flexibility index (Phi) is 5.72. The van der Waals surface area contributed by atoms with Crippen molar-refractivity contribution in [2.75, 3.05) is 7.11 Å². The van der Waals surface area contributed by atoms with Gasteiger partial charge in [0.1, 0.15) is 0 Å². The minimum absolute atomic E-state index is 0.0318. The van der Waals surface area contributed by atoms with E-state index in [1.165, 1.54) is 19.6 Å². The van der Waals surface area contributed by atoms with Crippen LogP contribution in [0.4, 0.5) is 0 Å². The van der Waals surface area contributed by atoms with Gasteiger partial charge in [-0.2, -0.15) is 0 Å². The first-order valence-corrected chi connectivity index (χ1v) is 7.65. The summed E-state index contributed by atoms with van der Waals surface area (Å²) < 4.78 is 9.26. The van der Waals surface area contributed by atoms with Crippen molar-refractivity contribution in [3.63, 3.8) is 0 Å². The molecule has 1 atom stereocenters. The van der Waals surface area contributed by atoms with E-state index in [1.807, 2.05) is 0 Å². The van der Waals surface area contributed by atoms with Crippen molar-refractivity contribution in [2.24, 2.45) is 11.7 Å². The number of amides is 2. The fourth-order valence-electron chi connectivity index (χ4n) is 2.91. The average Bonchev–Trinajstić information content (AvgIpc) is 3.04. The standard InChI is InChI=1S/C15H21N3O5/c1-22-15(21)12-7-11(18-23-12)14(20)17-10(8-13(16)19)9-5-3-2-4-6-9/h7,9-10H,2-6,8H2,1H3,(H2,16,19)(H,17,20)/t10-/m1/s1. The highest BCUT2D eigenvalue weighted by Crippen LogP contribution is 2.28. The number of carbonyl (C=O) groups excluding carboxylic acids is 3. The smallest absolute Gasteiger partial charge is 0.376 e. The Morgan fingerprint density at radius 3 is 2.70 bits per heavy atom. The Morgan fingerprint density at radius 2 is 2.09 bits per heavy atom. The first-order chi connectivity index (χ1) is 11.0. The van der Waals surface area contributed by atoms with E-state index in [0.29, 0.717) is 0 Å². The maximum atomic E-state index is 12.3. The number of hydrogen-bond acceptors (Lipinski definition) is 6. The fourth-order valence-corrected chi connectivity index (χ4v) is 2.91. The Bertz CT molecular complexity index is 577. The molecule has 1 aliphatic rings. The van der Waals surface area contributed by atoms with Crippen LogP contribution in [0, 0.1) is 5.92 Å². The fraction of sp³-hybridized carbons (Fsp3) is 0.600. The third-order valence-corrected chi connectivity index (χ3v) is 4.09. The Balaban J connectivity index is 2.05. The van der Waals surface area contributed by atoms with Gasteiger partial charge in [0.25, 0.3) is 5.91 Å². The van der Waals surface area contributed by atoms with E-state index in [2.05, 4.69) is 15.2 Å². The second kappa shape index (κ2) is 7.75. The highest BCUT2D eigenvalue weighted by Gasteiger charge is 2.28. The molecule has 1 aromatic rings. The molecule has 1 saturated carbocycles. The van der Waals surface area contributed by atoms with Gasteiger partial charge in [-0.3, -0.25) is 9.59 Å². The molecule has 1 heterocycles. The van der Waals surface area contributed by atoms with E-state index >= 15 is 0 Å². The van der Waals surface area contributed by atoms with Gasteiger partial charge in [-0.25, -0.2) is 4.79 Å². The number of nitrogens with zero attached hydrogens (tertiary/aromatic N) is 1. The van der Waals surface area contributed by atoms with Crippen LogP contribution in [0.15, 0.2) is 10.6 Å². The van der Waals surface area contributed by atoms with Gasteiger partial charge in [-0.05, 0) is 18.8 Å². The van der Waals surface area contributed by atoms with Gasteiger partial charge in [0.05, 0.1) is 7.11 Å². The largest absolute Gasteiger partial charge is 0.463 e. The molecule has 0 saturated heterocycles. The van der Waals surface area contributed by atoms with Crippen LogP contribution in [0.5, 0.6) is 0 Å². The van der Waals surface area contributed by atoms with Crippen LogP contribution in [-0.4, -0.2) is 36.1 Å². The van der Waals surface area contributed by atoms with E-state index in [4.69, 9.17) is 10.3 Å². The molecule has 0 aliphatic heterocycles. The molecular formula is C15H21N3O5. The van der Waals surface area contributed by atoms with E-state index in [1.54, 1.807) is 0 Å². The SMILES string of the molecule is COC(=O)c1cc(C(=O)N[C@H](CC(N)=O)C2CCCCC2)no1. The van der Waals surface area contributed by atoms with Gasteiger partial charge in [0.15, 0.2) is 5.69 Å². The summed E-state index contributed by atoms with van der Waals surface area (Å²) >= 11 is 0. The minimum Gasteiger partial charge on any atom is -0.463 e. The summed E-state index contributed by atoms with van der Waals surface area (Å²) in [6.07, 6.45) is 5.30. The maximum absolute atomic E-state index is 12.3. The molecule has 2 rings (SSSR count). The molecular weight excluding hydrogens is 302 g/mol. The number of nitrogens with two attached hydrogens (primary N) is 1. The molecule has 2 amide bonds. The second-order valence-corrected chi connectivity index (χ2v) is 5.72. The summed E-state index contributed by atoms with van der Waals surface area (Å²) in [6.45, 7) is 0. The quantitative estimate of drug-likeness (QED) is 0.753. The lowest BCUT2D eigenvalue weighted by molar-refractivity contribution is -0.118. The molecule has 0 radical (unpaired) electrons. The van der Waals surface area contributed by atoms with Crippen LogP contribution in [0.25, 0.3) is 0 Å². The molecule has 8 heteroatoms. The Labute approximate surface area is 133 Å². The Hall–Kier alpha value is -2.38. The topological polar surface area (TPSA) is 125 Å². The number of nitrogens with one attached hydrogen (secondary N) is 1. The number of carbonyl (C=O) groups is 3. The maximum Gasteiger partial charge on any atom is 0.376 e. The predicted octanol–water partition coefficient (Wildman–Crippen LogP) is 1.02. The van der Waals surface area contributed by atoms with Crippen LogP contribution in [0.1, 0.15) is 59.6 Å².